The summed E-state index contributed by atoms with van der Waals surface area (Å²) in [6.07, 6.45) is 6.82. The van der Waals surface area contributed by atoms with Gasteiger partial charge in [0.2, 0.25) is 0 Å². The highest BCUT2D eigenvalue weighted by atomic mass is 16.5. The van der Waals surface area contributed by atoms with Gasteiger partial charge in [-0.25, -0.2) is 4.99 Å². The third-order valence-electron chi connectivity index (χ3n) is 5.61. The summed E-state index contributed by atoms with van der Waals surface area (Å²) in [6.45, 7) is 6.97. The molecule has 6 heteroatoms. The summed E-state index contributed by atoms with van der Waals surface area (Å²) in [5, 5.41) is 16.9. The summed E-state index contributed by atoms with van der Waals surface area (Å²) in [5.74, 6) is 2.40. The molecule has 27 heavy (non-hydrogen) atoms. The Labute approximate surface area is 163 Å². The number of likely N-dealkylation sites (tertiary alicyclic amines) is 1. The quantitative estimate of drug-likeness (QED) is 0.506. The molecule has 1 aromatic carbocycles. The Hall–Kier alpha value is -1.95. The van der Waals surface area contributed by atoms with Crippen molar-refractivity contribution in [3.05, 3.63) is 23.8 Å². The standard InChI is InChI=1S/C21H34N4O2/c1-3-22-21(23-13-17-8-9-20(27-2)19(26)12-17)24-18-10-11-25(15-18)14-16-6-4-5-7-16/h8-9,12,16,18,26H,3-7,10-11,13-15H2,1-2H3,(H2,22,23,24). The second-order valence-electron chi connectivity index (χ2n) is 7.74. The Bertz CT molecular complexity index is 629. The van der Waals surface area contributed by atoms with Crippen LogP contribution in [0.25, 0.3) is 0 Å². The first-order valence-corrected chi connectivity index (χ1v) is 10.3. The van der Waals surface area contributed by atoms with Gasteiger partial charge in [0, 0.05) is 32.2 Å². The Kier molecular flexibility index (Phi) is 7.21. The second-order valence-corrected chi connectivity index (χ2v) is 7.74. The van der Waals surface area contributed by atoms with Crippen LogP contribution in [0.15, 0.2) is 23.2 Å². The summed E-state index contributed by atoms with van der Waals surface area (Å²) in [6, 6.07) is 5.88. The number of guanidine groups is 1. The predicted octanol–water partition coefficient (Wildman–Crippen LogP) is 2.72. The van der Waals surface area contributed by atoms with E-state index in [1.807, 2.05) is 6.07 Å². The molecule has 1 saturated carbocycles. The molecule has 2 aliphatic rings. The SMILES string of the molecule is CCNC(=NCc1ccc(OC)c(O)c1)NC1CCN(CC2CCCC2)C1. The molecule has 1 aliphatic heterocycles. The molecule has 0 bridgehead atoms. The number of phenols is 1. The van der Waals surface area contributed by atoms with E-state index in [0.717, 1.165) is 30.5 Å². The molecule has 1 unspecified atom stereocenters. The fourth-order valence-corrected chi connectivity index (χ4v) is 4.19. The molecule has 1 aliphatic carbocycles. The summed E-state index contributed by atoms with van der Waals surface area (Å²) >= 11 is 0. The summed E-state index contributed by atoms with van der Waals surface area (Å²) in [5.41, 5.74) is 0.958. The van der Waals surface area contributed by atoms with Crippen molar-refractivity contribution >= 4 is 5.96 Å². The second kappa shape index (κ2) is 9.83. The van der Waals surface area contributed by atoms with Crippen LogP contribution in [0, 0.1) is 5.92 Å². The topological polar surface area (TPSA) is 69.1 Å². The van der Waals surface area contributed by atoms with Crippen molar-refractivity contribution in [3.8, 4) is 11.5 Å². The molecular weight excluding hydrogens is 340 g/mol. The Morgan fingerprint density at radius 3 is 2.81 bits per heavy atom. The van der Waals surface area contributed by atoms with Crippen molar-refractivity contribution in [3.63, 3.8) is 0 Å². The minimum atomic E-state index is 0.154. The zero-order valence-electron chi connectivity index (χ0n) is 16.7. The highest BCUT2D eigenvalue weighted by Gasteiger charge is 2.26. The van der Waals surface area contributed by atoms with Crippen LogP contribution in [-0.4, -0.2) is 55.3 Å². The van der Waals surface area contributed by atoms with Crippen LogP contribution in [0.1, 0.15) is 44.6 Å². The molecule has 1 aromatic rings. The normalized spacial score (nSPS) is 21.6. The fourth-order valence-electron chi connectivity index (χ4n) is 4.19. The number of rotatable bonds is 7. The van der Waals surface area contributed by atoms with E-state index in [1.165, 1.54) is 45.2 Å². The number of aromatic hydroxyl groups is 1. The van der Waals surface area contributed by atoms with Gasteiger partial charge in [-0.3, -0.25) is 0 Å². The Morgan fingerprint density at radius 2 is 2.11 bits per heavy atom. The predicted molar refractivity (Wildman–Crippen MR) is 109 cm³/mol. The van der Waals surface area contributed by atoms with Crippen molar-refractivity contribution in [2.75, 3.05) is 33.3 Å². The van der Waals surface area contributed by atoms with E-state index >= 15 is 0 Å². The molecular formula is C21H34N4O2. The molecule has 0 amide bonds. The molecule has 3 rings (SSSR count). The van der Waals surface area contributed by atoms with Crippen molar-refractivity contribution in [2.45, 2.75) is 51.6 Å². The van der Waals surface area contributed by atoms with Crippen molar-refractivity contribution in [1.29, 1.82) is 0 Å². The van der Waals surface area contributed by atoms with Gasteiger partial charge in [0.1, 0.15) is 0 Å². The molecule has 0 spiro atoms. The van der Waals surface area contributed by atoms with Crippen LogP contribution < -0.4 is 15.4 Å². The molecule has 1 heterocycles. The number of ether oxygens (including phenoxy) is 1. The molecule has 150 valence electrons. The average Bonchev–Trinajstić information content (AvgIpc) is 3.32. The Balaban J connectivity index is 1.52. The number of hydrogen-bond acceptors (Lipinski definition) is 4. The van der Waals surface area contributed by atoms with Gasteiger partial charge in [-0.1, -0.05) is 18.9 Å². The van der Waals surface area contributed by atoms with E-state index in [9.17, 15) is 5.11 Å². The summed E-state index contributed by atoms with van der Waals surface area (Å²) in [4.78, 5) is 7.31. The lowest BCUT2D eigenvalue weighted by Gasteiger charge is -2.21. The number of aliphatic imine (C=N–C) groups is 1. The van der Waals surface area contributed by atoms with Crippen LogP contribution in [0.4, 0.5) is 0 Å². The van der Waals surface area contributed by atoms with Gasteiger partial charge in [0.15, 0.2) is 17.5 Å². The zero-order chi connectivity index (χ0) is 19.1. The molecule has 6 nitrogen and oxygen atoms in total. The van der Waals surface area contributed by atoms with E-state index in [1.54, 1.807) is 19.2 Å². The van der Waals surface area contributed by atoms with Gasteiger partial charge in [-0.2, -0.15) is 0 Å². The van der Waals surface area contributed by atoms with Gasteiger partial charge < -0.3 is 25.4 Å². The lowest BCUT2D eigenvalue weighted by molar-refractivity contribution is 0.275. The fraction of sp³-hybridized carbons (Fsp3) is 0.667. The number of methoxy groups -OCH3 is 1. The monoisotopic (exact) mass is 374 g/mol. The van der Waals surface area contributed by atoms with E-state index in [-0.39, 0.29) is 5.75 Å². The van der Waals surface area contributed by atoms with Gasteiger partial charge in [-0.05, 0) is 49.8 Å². The maximum absolute atomic E-state index is 9.93. The minimum absolute atomic E-state index is 0.154. The van der Waals surface area contributed by atoms with Crippen LogP contribution in [0.5, 0.6) is 11.5 Å². The Morgan fingerprint density at radius 1 is 1.30 bits per heavy atom. The first-order chi connectivity index (χ1) is 13.2. The van der Waals surface area contributed by atoms with Crippen LogP contribution in [0.2, 0.25) is 0 Å². The third-order valence-corrected chi connectivity index (χ3v) is 5.61. The van der Waals surface area contributed by atoms with Crippen LogP contribution >= 0.6 is 0 Å². The first-order valence-electron chi connectivity index (χ1n) is 10.3. The zero-order valence-corrected chi connectivity index (χ0v) is 16.7. The van der Waals surface area contributed by atoms with Gasteiger partial charge in [0.25, 0.3) is 0 Å². The molecule has 1 atom stereocenters. The molecule has 3 N–H and O–H groups in total. The van der Waals surface area contributed by atoms with Crippen molar-refractivity contribution in [1.82, 2.24) is 15.5 Å². The molecule has 0 radical (unpaired) electrons. The molecule has 0 aromatic heterocycles. The van der Waals surface area contributed by atoms with E-state index in [2.05, 4.69) is 22.5 Å². The van der Waals surface area contributed by atoms with Gasteiger partial charge in [-0.15, -0.1) is 0 Å². The number of benzene rings is 1. The molecule has 2 fully saturated rings. The summed E-state index contributed by atoms with van der Waals surface area (Å²) in [7, 11) is 1.55. The average molecular weight is 375 g/mol. The highest BCUT2D eigenvalue weighted by molar-refractivity contribution is 5.80. The van der Waals surface area contributed by atoms with Crippen LogP contribution in [-0.2, 0) is 6.54 Å². The van der Waals surface area contributed by atoms with Crippen molar-refractivity contribution in [2.24, 2.45) is 10.9 Å². The highest BCUT2D eigenvalue weighted by Crippen LogP contribution is 2.27. The largest absolute Gasteiger partial charge is 0.504 e. The lowest BCUT2D eigenvalue weighted by atomic mass is 10.1. The van der Waals surface area contributed by atoms with E-state index < -0.39 is 0 Å². The maximum atomic E-state index is 9.93. The van der Waals surface area contributed by atoms with E-state index in [0.29, 0.717) is 18.3 Å². The minimum Gasteiger partial charge on any atom is -0.504 e. The van der Waals surface area contributed by atoms with E-state index in [4.69, 9.17) is 9.73 Å². The number of nitrogens with one attached hydrogen (secondary N) is 2. The number of phenolic OH excluding ortho intramolecular Hbond substituents is 1. The maximum Gasteiger partial charge on any atom is 0.191 e. The molecule has 1 saturated heterocycles. The van der Waals surface area contributed by atoms with Crippen molar-refractivity contribution < 1.29 is 9.84 Å². The van der Waals surface area contributed by atoms with Crippen LogP contribution in [0.3, 0.4) is 0 Å². The lowest BCUT2D eigenvalue weighted by Crippen LogP contribution is -2.44. The number of hydrogen-bond donors (Lipinski definition) is 3. The van der Waals surface area contributed by atoms with Gasteiger partial charge in [0.05, 0.1) is 13.7 Å². The first kappa shape index (κ1) is 19.8. The summed E-state index contributed by atoms with van der Waals surface area (Å²) < 4.78 is 5.10. The van der Waals surface area contributed by atoms with Gasteiger partial charge >= 0.3 is 0 Å². The third kappa shape index (κ3) is 5.76. The smallest absolute Gasteiger partial charge is 0.191 e. The number of nitrogens with zero attached hydrogens (tertiary/aromatic N) is 2.